The van der Waals surface area contributed by atoms with E-state index in [0.29, 0.717) is 25.2 Å². The van der Waals surface area contributed by atoms with E-state index < -0.39 is 23.4 Å². The lowest BCUT2D eigenvalue weighted by atomic mass is 9.78. The lowest BCUT2D eigenvalue weighted by Gasteiger charge is -2.35. The van der Waals surface area contributed by atoms with Gasteiger partial charge in [-0.1, -0.05) is 37.1 Å². The van der Waals surface area contributed by atoms with Crippen LogP contribution in [0.15, 0.2) is 36.4 Å². The van der Waals surface area contributed by atoms with Crippen LogP contribution in [-0.4, -0.2) is 59.2 Å². The highest BCUT2D eigenvalue weighted by Gasteiger charge is 2.38. The SMILES string of the molecule is C[C@@H]1NC(=O)[C@H](C2CCCC2)CC(=O)C(C)(C)/C=C/c2ccc3ccc(nc3c2)N(C)NC(=O)[C@@H]2CCCN(N2)C1=O. The van der Waals surface area contributed by atoms with E-state index in [0.717, 1.165) is 42.1 Å². The number of ketones is 1. The molecule has 3 aliphatic rings. The van der Waals surface area contributed by atoms with Crippen molar-refractivity contribution in [2.24, 2.45) is 17.3 Å². The van der Waals surface area contributed by atoms with E-state index in [2.05, 4.69) is 16.2 Å². The van der Waals surface area contributed by atoms with Crippen molar-refractivity contribution in [3.63, 3.8) is 0 Å². The Bertz CT molecular complexity index is 1400. The molecule has 10 heteroatoms. The van der Waals surface area contributed by atoms with Crippen LogP contribution in [-0.2, 0) is 19.2 Å². The molecule has 1 saturated heterocycles. The molecule has 3 N–H and O–H groups in total. The highest BCUT2D eigenvalue weighted by Crippen LogP contribution is 2.36. The summed E-state index contributed by atoms with van der Waals surface area (Å²) in [6.07, 6.45) is 9.00. The van der Waals surface area contributed by atoms with E-state index in [1.165, 1.54) is 5.01 Å². The Morgan fingerprint density at radius 3 is 2.45 bits per heavy atom. The zero-order valence-corrected chi connectivity index (χ0v) is 25.0. The molecular weight excluding hydrogens is 532 g/mol. The van der Waals surface area contributed by atoms with Crippen molar-refractivity contribution in [3.8, 4) is 0 Å². The van der Waals surface area contributed by atoms with Gasteiger partial charge in [-0.15, -0.1) is 0 Å². The van der Waals surface area contributed by atoms with Gasteiger partial charge in [0.2, 0.25) is 5.91 Å². The minimum atomic E-state index is -0.808. The monoisotopic (exact) mass is 574 g/mol. The number of fused-ring (bicyclic) bond motifs is 4. The highest BCUT2D eigenvalue weighted by atomic mass is 16.2. The second kappa shape index (κ2) is 12.2. The maximum absolute atomic E-state index is 13.7. The summed E-state index contributed by atoms with van der Waals surface area (Å²) in [7, 11) is 1.73. The maximum Gasteiger partial charge on any atom is 0.258 e. The highest BCUT2D eigenvalue weighted by molar-refractivity contribution is 5.94. The fraction of sp³-hybridized carbons (Fsp3) is 0.531. The third kappa shape index (κ3) is 6.48. The molecule has 2 aromatic rings. The van der Waals surface area contributed by atoms with Crippen LogP contribution in [0.4, 0.5) is 5.82 Å². The number of Topliss-reactive ketones (excluding diaryl/α,β-unsaturated/α-hetero) is 1. The number of benzene rings is 1. The van der Waals surface area contributed by atoms with Gasteiger partial charge in [0.1, 0.15) is 23.7 Å². The van der Waals surface area contributed by atoms with E-state index in [9.17, 15) is 19.2 Å². The number of allylic oxidation sites excluding steroid dienone is 1. The fourth-order valence-corrected chi connectivity index (χ4v) is 6.16. The Labute approximate surface area is 247 Å². The molecule has 0 unspecified atom stereocenters. The first-order valence-electron chi connectivity index (χ1n) is 15.1. The molecule has 3 heterocycles. The predicted molar refractivity (Wildman–Crippen MR) is 162 cm³/mol. The number of hydrogen-bond donors (Lipinski definition) is 3. The van der Waals surface area contributed by atoms with Gasteiger partial charge in [-0.3, -0.25) is 34.6 Å². The van der Waals surface area contributed by atoms with Gasteiger partial charge in [0, 0.05) is 36.7 Å². The van der Waals surface area contributed by atoms with Crippen LogP contribution >= 0.6 is 0 Å². The van der Waals surface area contributed by atoms with E-state index in [1.54, 1.807) is 19.0 Å². The first-order chi connectivity index (χ1) is 20.0. The van der Waals surface area contributed by atoms with Gasteiger partial charge in [0.05, 0.1) is 5.52 Å². The summed E-state index contributed by atoms with van der Waals surface area (Å²) >= 11 is 0. The number of carbonyl (C=O) groups is 4. The Kier molecular flexibility index (Phi) is 8.63. The van der Waals surface area contributed by atoms with Crippen LogP contribution in [0.2, 0.25) is 0 Å². The van der Waals surface area contributed by atoms with Crippen LogP contribution in [0.5, 0.6) is 0 Å². The molecule has 5 bridgehead atoms. The summed E-state index contributed by atoms with van der Waals surface area (Å²) in [6, 6.07) is 8.28. The molecular formula is C32H42N6O4. The van der Waals surface area contributed by atoms with Crippen molar-refractivity contribution in [2.75, 3.05) is 18.6 Å². The summed E-state index contributed by atoms with van der Waals surface area (Å²) in [5.41, 5.74) is 6.80. The van der Waals surface area contributed by atoms with E-state index >= 15 is 0 Å². The first kappa shape index (κ1) is 29.7. The van der Waals surface area contributed by atoms with Gasteiger partial charge in [-0.2, -0.15) is 0 Å². The van der Waals surface area contributed by atoms with Gasteiger partial charge in [0.25, 0.3) is 11.8 Å². The van der Waals surface area contributed by atoms with Gasteiger partial charge >= 0.3 is 0 Å². The van der Waals surface area contributed by atoms with Crippen LogP contribution in [0, 0.1) is 17.3 Å². The Morgan fingerprint density at radius 2 is 1.69 bits per heavy atom. The summed E-state index contributed by atoms with van der Waals surface area (Å²) in [5.74, 6) is -0.685. The largest absolute Gasteiger partial charge is 0.344 e. The number of nitrogens with zero attached hydrogens (tertiary/aromatic N) is 3. The van der Waals surface area contributed by atoms with Crippen molar-refractivity contribution in [2.45, 2.75) is 77.8 Å². The summed E-state index contributed by atoms with van der Waals surface area (Å²) in [6.45, 7) is 5.85. The summed E-state index contributed by atoms with van der Waals surface area (Å²) < 4.78 is 0. The minimum absolute atomic E-state index is 0.0105. The van der Waals surface area contributed by atoms with E-state index in [1.807, 2.05) is 56.3 Å². The molecule has 42 heavy (non-hydrogen) atoms. The van der Waals surface area contributed by atoms with Gasteiger partial charge < -0.3 is 5.32 Å². The number of pyridine rings is 1. The number of hydrogen-bond acceptors (Lipinski definition) is 7. The molecule has 2 aliphatic heterocycles. The standard InChI is InChI=1S/C32H42N6O4/c1-20-31(42)38-17-7-10-25(35-38)30(41)36-37(4)28-14-13-23-12-11-21(18-26(23)34-28)15-16-32(2,3)27(39)19-24(29(40)33-20)22-8-5-6-9-22/h11-16,18,20,22,24-25,35H,5-10,17,19H2,1-4H3,(H,33,40)(H,36,41)/b16-15+/t20-,24-,25-/m0/s1. The van der Waals surface area contributed by atoms with Gasteiger partial charge in [-0.05, 0) is 76.1 Å². The van der Waals surface area contributed by atoms with Crippen LogP contribution in [0.3, 0.4) is 0 Å². The van der Waals surface area contributed by atoms with Crippen molar-refractivity contribution in [3.05, 3.63) is 42.0 Å². The topological polar surface area (TPSA) is 124 Å². The second-order valence-electron chi connectivity index (χ2n) is 12.5. The lowest BCUT2D eigenvalue weighted by Crippen LogP contribution is -2.62. The van der Waals surface area contributed by atoms with E-state index in [-0.39, 0.29) is 35.8 Å². The molecule has 1 saturated carbocycles. The molecule has 0 spiro atoms. The number of rotatable bonds is 1. The third-order valence-corrected chi connectivity index (χ3v) is 8.94. The number of anilines is 1. The van der Waals surface area contributed by atoms with Crippen molar-refractivity contribution >= 4 is 46.3 Å². The zero-order chi connectivity index (χ0) is 30.0. The predicted octanol–water partition coefficient (Wildman–Crippen LogP) is 3.52. The normalized spacial score (nSPS) is 27.2. The Hall–Kier alpha value is -3.79. The molecule has 1 aliphatic carbocycles. The third-order valence-electron chi connectivity index (χ3n) is 8.94. The molecule has 3 atom stereocenters. The maximum atomic E-state index is 13.7. The quantitative estimate of drug-likeness (QED) is 0.476. The van der Waals surface area contributed by atoms with Crippen molar-refractivity contribution in [1.29, 1.82) is 0 Å². The van der Waals surface area contributed by atoms with Gasteiger partial charge in [-0.25, -0.2) is 10.4 Å². The Morgan fingerprint density at radius 1 is 0.952 bits per heavy atom. The van der Waals surface area contributed by atoms with Crippen molar-refractivity contribution < 1.29 is 19.2 Å². The summed E-state index contributed by atoms with van der Waals surface area (Å²) in [5, 5.41) is 6.86. The number of carbonyl (C=O) groups excluding carboxylic acids is 4. The number of hydrazine groups is 2. The fourth-order valence-electron chi connectivity index (χ4n) is 6.16. The van der Waals surface area contributed by atoms with Gasteiger partial charge in [0.15, 0.2) is 0 Å². The zero-order valence-electron chi connectivity index (χ0n) is 25.0. The lowest BCUT2D eigenvalue weighted by molar-refractivity contribution is -0.144. The Balaban J connectivity index is 1.49. The molecule has 3 amide bonds. The molecule has 1 aromatic carbocycles. The number of amides is 3. The average molecular weight is 575 g/mol. The second-order valence-corrected chi connectivity index (χ2v) is 12.5. The molecule has 224 valence electrons. The van der Waals surface area contributed by atoms with E-state index in [4.69, 9.17) is 4.98 Å². The number of nitrogens with one attached hydrogen (secondary N) is 3. The summed E-state index contributed by atoms with van der Waals surface area (Å²) in [4.78, 5) is 58.6. The first-order valence-corrected chi connectivity index (χ1v) is 15.1. The molecule has 5 rings (SSSR count). The minimum Gasteiger partial charge on any atom is -0.344 e. The molecule has 10 nitrogen and oxygen atoms in total. The smallest absolute Gasteiger partial charge is 0.258 e. The van der Waals surface area contributed by atoms with Crippen LogP contribution < -0.4 is 21.2 Å². The van der Waals surface area contributed by atoms with Crippen molar-refractivity contribution in [1.82, 2.24) is 26.2 Å². The molecule has 2 fully saturated rings. The molecule has 1 aromatic heterocycles. The molecule has 0 radical (unpaired) electrons. The average Bonchev–Trinajstić information content (AvgIpc) is 3.52. The van der Waals surface area contributed by atoms with Crippen LogP contribution in [0.1, 0.15) is 71.3 Å². The number of aromatic nitrogens is 1. The van der Waals surface area contributed by atoms with Crippen LogP contribution in [0.25, 0.3) is 17.0 Å².